The summed E-state index contributed by atoms with van der Waals surface area (Å²) in [5.74, 6) is -1.93. The topological polar surface area (TPSA) is 65.5 Å². The summed E-state index contributed by atoms with van der Waals surface area (Å²) < 4.78 is 27.6. The van der Waals surface area contributed by atoms with E-state index in [1.165, 1.54) is 28.7 Å². The van der Waals surface area contributed by atoms with Gasteiger partial charge < -0.3 is 15.3 Å². The van der Waals surface area contributed by atoms with Crippen LogP contribution in [0.3, 0.4) is 0 Å². The van der Waals surface area contributed by atoms with Crippen molar-refractivity contribution >= 4 is 43.2 Å². The number of carbonyl (C=O) groups excluding carboxylic acids is 1. The van der Waals surface area contributed by atoms with Gasteiger partial charge in [-0.05, 0) is 26.0 Å². The van der Waals surface area contributed by atoms with Crippen molar-refractivity contribution in [3.63, 3.8) is 0 Å². The predicted molar refractivity (Wildman–Crippen MR) is 105 cm³/mol. The van der Waals surface area contributed by atoms with Gasteiger partial charge in [0.25, 0.3) is 5.91 Å². The number of hydrogen-bond acceptors (Lipinski definition) is 6. The Morgan fingerprint density at radius 2 is 2.00 bits per heavy atom. The molecule has 0 fully saturated rings. The number of thiophene rings is 1. The molecule has 0 saturated heterocycles. The zero-order valence-corrected chi connectivity index (χ0v) is 16.5. The molecule has 144 valence electrons. The third-order valence-corrected chi connectivity index (χ3v) is 6.33. The Kier molecular flexibility index (Phi) is 6.03. The Hall–Kier alpha value is -2.10. The predicted octanol–water partition coefficient (Wildman–Crippen LogP) is 3.95. The lowest BCUT2D eigenvalue weighted by molar-refractivity contribution is 0.0918. The van der Waals surface area contributed by atoms with E-state index < -0.39 is 17.7 Å². The van der Waals surface area contributed by atoms with Crippen molar-refractivity contribution in [1.82, 2.24) is 10.3 Å². The van der Waals surface area contributed by atoms with Gasteiger partial charge in [-0.25, -0.2) is 13.8 Å². The monoisotopic (exact) mass is 411 g/mol. The molecular formula is C18H19F2N3O2S2. The molecule has 0 aliphatic heterocycles. The Bertz CT molecular complexity index is 922. The van der Waals surface area contributed by atoms with Crippen LogP contribution in [-0.2, 0) is 0 Å². The van der Waals surface area contributed by atoms with E-state index in [0.29, 0.717) is 10.9 Å². The van der Waals surface area contributed by atoms with Crippen molar-refractivity contribution in [2.75, 3.05) is 24.5 Å². The average molecular weight is 411 g/mol. The third-order valence-electron chi connectivity index (χ3n) is 4.11. The molecule has 0 spiro atoms. The second-order valence-electron chi connectivity index (χ2n) is 5.84. The number of amides is 1. The van der Waals surface area contributed by atoms with E-state index in [0.717, 1.165) is 33.8 Å². The molecule has 0 aliphatic rings. The van der Waals surface area contributed by atoms with Crippen LogP contribution in [0.5, 0.6) is 0 Å². The van der Waals surface area contributed by atoms with Gasteiger partial charge in [-0.2, -0.15) is 0 Å². The van der Waals surface area contributed by atoms with E-state index in [1.54, 1.807) is 6.07 Å². The number of aliphatic hydroxyl groups excluding tert-OH is 1. The Labute approximate surface area is 163 Å². The van der Waals surface area contributed by atoms with Crippen LogP contribution in [-0.4, -0.2) is 35.6 Å². The van der Waals surface area contributed by atoms with Gasteiger partial charge >= 0.3 is 0 Å². The number of thiazole rings is 1. The Morgan fingerprint density at radius 1 is 1.26 bits per heavy atom. The van der Waals surface area contributed by atoms with Gasteiger partial charge in [0.15, 0.2) is 5.13 Å². The summed E-state index contributed by atoms with van der Waals surface area (Å²) in [7, 11) is 0. The van der Waals surface area contributed by atoms with E-state index in [2.05, 4.69) is 29.0 Å². The lowest BCUT2D eigenvalue weighted by atomic mass is 10.1. The van der Waals surface area contributed by atoms with Crippen molar-refractivity contribution in [3.8, 4) is 0 Å². The Balaban J connectivity index is 1.66. The normalized spacial score (nSPS) is 12.3. The number of fused-ring (bicyclic) bond motifs is 1. The highest BCUT2D eigenvalue weighted by atomic mass is 32.1. The lowest BCUT2D eigenvalue weighted by Gasteiger charge is -2.16. The van der Waals surface area contributed by atoms with Crippen molar-refractivity contribution in [2.45, 2.75) is 20.0 Å². The second kappa shape index (κ2) is 8.28. The van der Waals surface area contributed by atoms with Crippen LogP contribution in [0.15, 0.2) is 24.3 Å². The molecule has 3 aromatic rings. The van der Waals surface area contributed by atoms with E-state index in [-0.39, 0.29) is 18.0 Å². The smallest absolute Gasteiger partial charge is 0.261 e. The minimum atomic E-state index is -1.26. The number of benzene rings is 1. The minimum Gasteiger partial charge on any atom is -0.386 e. The molecule has 3 rings (SSSR count). The average Bonchev–Trinajstić information content (AvgIpc) is 3.19. The van der Waals surface area contributed by atoms with Gasteiger partial charge in [0.1, 0.15) is 16.5 Å². The highest BCUT2D eigenvalue weighted by Crippen LogP contribution is 2.34. The summed E-state index contributed by atoms with van der Waals surface area (Å²) in [5, 5.41) is 13.6. The molecule has 2 N–H and O–H groups in total. The van der Waals surface area contributed by atoms with Gasteiger partial charge in [-0.1, -0.05) is 17.4 Å². The van der Waals surface area contributed by atoms with E-state index >= 15 is 0 Å². The van der Waals surface area contributed by atoms with Crippen LogP contribution in [0.25, 0.3) is 9.53 Å². The fourth-order valence-electron chi connectivity index (χ4n) is 2.62. The van der Waals surface area contributed by atoms with Crippen molar-refractivity contribution < 1.29 is 18.7 Å². The van der Waals surface area contributed by atoms with Gasteiger partial charge in [0.05, 0.1) is 15.7 Å². The Morgan fingerprint density at radius 3 is 2.63 bits per heavy atom. The number of hydrogen-bond donors (Lipinski definition) is 2. The first-order valence-electron chi connectivity index (χ1n) is 8.49. The van der Waals surface area contributed by atoms with Crippen LogP contribution in [0.4, 0.5) is 13.9 Å². The van der Waals surface area contributed by atoms with Crippen molar-refractivity contribution in [2.24, 2.45) is 0 Å². The molecular weight excluding hydrogens is 392 g/mol. The van der Waals surface area contributed by atoms with Crippen LogP contribution in [0.2, 0.25) is 0 Å². The molecule has 1 unspecified atom stereocenters. The molecule has 0 bridgehead atoms. The van der Waals surface area contributed by atoms with Crippen molar-refractivity contribution in [3.05, 3.63) is 46.3 Å². The minimum absolute atomic E-state index is 0.0607. The maximum atomic E-state index is 13.7. The lowest BCUT2D eigenvalue weighted by Crippen LogP contribution is -2.28. The van der Waals surface area contributed by atoms with Crippen molar-refractivity contribution in [1.29, 1.82) is 0 Å². The first-order valence-corrected chi connectivity index (χ1v) is 10.1. The summed E-state index contributed by atoms with van der Waals surface area (Å²) in [5.41, 5.74) is -0.0607. The van der Waals surface area contributed by atoms with Crippen LogP contribution in [0, 0.1) is 11.6 Å². The largest absolute Gasteiger partial charge is 0.386 e. The summed E-state index contributed by atoms with van der Waals surface area (Å²) in [6.45, 7) is 5.68. The fraction of sp³-hybridized carbons (Fsp3) is 0.333. The number of aliphatic hydroxyl groups is 1. The number of nitrogens with one attached hydrogen (secondary N) is 1. The molecule has 0 radical (unpaired) electrons. The highest BCUT2D eigenvalue weighted by molar-refractivity contribution is 7.29. The molecule has 1 aromatic carbocycles. The molecule has 2 heterocycles. The second-order valence-corrected chi connectivity index (χ2v) is 7.88. The summed E-state index contributed by atoms with van der Waals surface area (Å²) in [6, 6.07) is 4.70. The van der Waals surface area contributed by atoms with Gasteiger partial charge in [0.2, 0.25) is 0 Å². The molecule has 9 heteroatoms. The first-order chi connectivity index (χ1) is 12.9. The van der Waals surface area contributed by atoms with E-state index in [4.69, 9.17) is 0 Å². The number of nitrogens with zero attached hydrogens (tertiary/aromatic N) is 2. The number of rotatable bonds is 7. The zero-order valence-electron chi connectivity index (χ0n) is 14.8. The van der Waals surface area contributed by atoms with Crippen LogP contribution < -0.4 is 10.2 Å². The number of carbonyl (C=O) groups is 1. The van der Waals surface area contributed by atoms with Crippen LogP contribution in [0.1, 0.15) is 35.2 Å². The maximum Gasteiger partial charge on any atom is 0.261 e. The van der Waals surface area contributed by atoms with Gasteiger partial charge in [0, 0.05) is 31.3 Å². The first kappa shape index (κ1) is 19.7. The summed E-state index contributed by atoms with van der Waals surface area (Å²) in [4.78, 5) is 20.3. The summed E-state index contributed by atoms with van der Waals surface area (Å²) >= 11 is 2.80. The molecule has 1 atom stereocenters. The molecule has 0 saturated carbocycles. The van der Waals surface area contributed by atoms with Gasteiger partial charge in [-0.3, -0.25) is 4.79 Å². The maximum absolute atomic E-state index is 13.7. The SMILES string of the molecule is CCN(CC)c1nc2sc(C(=O)NCC(O)c3ccc(F)cc3F)cc2s1. The highest BCUT2D eigenvalue weighted by Gasteiger charge is 2.18. The number of aromatic nitrogens is 1. The van der Waals surface area contributed by atoms with Gasteiger partial charge in [-0.15, -0.1) is 11.3 Å². The number of anilines is 1. The molecule has 5 nitrogen and oxygen atoms in total. The third kappa shape index (κ3) is 4.26. The van der Waals surface area contributed by atoms with E-state index in [9.17, 15) is 18.7 Å². The molecule has 1 amide bonds. The fourth-order valence-corrected chi connectivity index (χ4v) is 4.88. The zero-order chi connectivity index (χ0) is 19.6. The summed E-state index contributed by atoms with van der Waals surface area (Å²) in [6.07, 6.45) is -1.26. The quantitative estimate of drug-likeness (QED) is 0.618. The molecule has 27 heavy (non-hydrogen) atoms. The van der Waals surface area contributed by atoms with Crippen LogP contribution >= 0.6 is 22.7 Å². The standard InChI is InChI=1S/C18H19F2N3O2S2/c1-3-23(4-2)18-22-17-15(27-18)8-14(26-17)16(25)21-9-13(24)11-6-5-10(19)7-12(11)20/h5-8,13,24H,3-4,9H2,1-2H3,(H,21,25). The van der Waals surface area contributed by atoms with E-state index in [1.807, 2.05) is 0 Å². The number of halogens is 2. The molecule has 2 aromatic heterocycles. The molecule has 0 aliphatic carbocycles.